The number of esters is 1. The summed E-state index contributed by atoms with van der Waals surface area (Å²) in [5.41, 5.74) is 10.3. The lowest BCUT2D eigenvalue weighted by Crippen LogP contribution is -2.48. The molecule has 3 N–H and O–H groups in total. The minimum Gasteiger partial charge on any atom is -0.460 e. The maximum absolute atomic E-state index is 13.9. The zero-order chi connectivity index (χ0) is 32.8. The fraction of sp³-hybridized carbons (Fsp3) is 0.353. The Morgan fingerprint density at radius 1 is 1.07 bits per heavy atom. The molecule has 3 heterocycles. The lowest BCUT2D eigenvalue weighted by atomic mass is 9.89. The van der Waals surface area contributed by atoms with Crippen LogP contribution in [0.5, 0.6) is 0 Å². The van der Waals surface area contributed by atoms with Gasteiger partial charge in [0.05, 0.1) is 16.8 Å². The Bertz CT molecular complexity index is 1740. The highest BCUT2D eigenvalue weighted by Gasteiger charge is 2.44. The van der Waals surface area contributed by atoms with Gasteiger partial charge in [0.2, 0.25) is 11.8 Å². The Hall–Kier alpha value is -5.06. The zero-order valence-electron chi connectivity index (χ0n) is 26.3. The van der Waals surface area contributed by atoms with Crippen molar-refractivity contribution in [3.8, 4) is 11.1 Å². The second kappa shape index (κ2) is 11.8. The molecule has 11 nitrogen and oxygen atoms in total. The van der Waals surface area contributed by atoms with Crippen molar-refractivity contribution in [2.24, 2.45) is 11.7 Å². The quantitative estimate of drug-likeness (QED) is 0.279. The summed E-state index contributed by atoms with van der Waals surface area (Å²) in [6.45, 7) is 8.95. The first-order valence-corrected chi connectivity index (χ1v) is 14.8. The molecule has 0 spiro atoms. The highest BCUT2D eigenvalue weighted by molar-refractivity contribution is 6.25. The number of nitrogens with zero attached hydrogens (tertiary/aromatic N) is 3. The number of amides is 4. The first-order chi connectivity index (χ1) is 21.2. The summed E-state index contributed by atoms with van der Waals surface area (Å²) in [5.74, 6) is -3.03. The van der Waals surface area contributed by atoms with Crippen LogP contribution in [-0.2, 0) is 25.5 Å². The van der Waals surface area contributed by atoms with Gasteiger partial charge in [-0.1, -0.05) is 13.0 Å². The molecule has 0 saturated carbocycles. The summed E-state index contributed by atoms with van der Waals surface area (Å²) >= 11 is 0. The van der Waals surface area contributed by atoms with Crippen molar-refractivity contribution in [2.45, 2.75) is 65.5 Å². The summed E-state index contributed by atoms with van der Waals surface area (Å²) in [7, 11) is 1.73. The molecule has 2 aromatic carbocycles. The molecule has 0 fully saturated rings. The fourth-order valence-electron chi connectivity index (χ4n) is 5.91. The predicted octanol–water partition coefficient (Wildman–Crippen LogP) is 4.53. The number of hydrogen-bond acceptors (Lipinski definition) is 8. The molecule has 5 rings (SSSR count). The number of fused-ring (bicyclic) bond motifs is 2. The molecule has 2 aliphatic rings. The Morgan fingerprint density at radius 3 is 2.47 bits per heavy atom. The summed E-state index contributed by atoms with van der Waals surface area (Å²) in [6, 6.07) is 11.2. The summed E-state index contributed by atoms with van der Waals surface area (Å²) < 4.78 is 5.33. The van der Waals surface area contributed by atoms with E-state index in [1.807, 2.05) is 38.1 Å². The van der Waals surface area contributed by atoms with E-state index in [0.717, 1.165) is 33.0 Å². The van der Waals surface area contributed by atoms with Gasteiger partial charge in [0.15, 0.2) is 0 Å². The third-order valence-electron chi connectivity index (χ3n) is 7.96. The molecule has 45 heavy (non-hydrogen) atoms. The van der Waals surface area contributed by atoms with Crippen LogP contribution in [0.1, 0.15) is 72.5 Å². The standard InChI is InChI=1S/C34H37N5O6/c1-18-14-21-16-23(20-12-13-36-19(2)15-20)25(17-27(21)38(6)31(18)42)37-24-9-7-8-22-29(24)33(44)39(32(22)43)26(30(35)41)10-11-28(40)45-34(3,4)5/h7-9,12-13,15-18,26,37H,10-11,14H2,1-6H3,(H2,35,41)/t18?,26-/m0/s1. The molecule has 2 atom stereocenters. The monoisotopic (exact) mass is 611 g/mol. The number of aromatic nitrogens is 1. The number of anilines is 3. The van der Waals surface area contributed by atoms with Gasteiger partial charge in [0.1, 0.15) is 11.6 Å². The Morgan fingerprint density at radius 2 is 1.80 bits per heavy atom. The molecule has 1 unspecified atom stereocenters. The first-order valence-electron chi connectivity index (χ1n) is 14.8. The van der Waals surface area contributed by atoms with E-state index < -0.39 is 35.3 Å². The molecule has 234 valence electrons. The van der Waals surface area contributed by atoms with Crippen molar-refractivity contribution >= 4 is 46.7 Å². The molecular weight excluding hydrogens is 574 g/mol. The van der Waals surface area contributed by atoms with Gasteiger partial charge >= 0.3 is 5.97 Å². The van der Waals surface area contributed by atoms with Gasteiger partial charge in [-0.15, -0.1) is 0 Å². The Labute approximate surface area is 261 Å². The van der Waals surface area contributed by atoms with Crippen molar-refractivity contribution in [3.63, 3.8) is 0 Å². The molecule has 0 saturated heterocycles. The highest BCUT2D eigenvalue weighted by atomic mass is 16.6. The van der Waals surface area contributed by atoms with Gasteiger partial charge in [0, 0.05) is 48.2 Å². The van der Waals surface area contributed by atoms with Crippen molar-refractivity contribution in [1.29, 1.82) is 0 Å². The number of hydrogen-bond donors (Lipinski definition) is 2. The van der Waals surface area contributed by atoms with Crippen LogP contribution >= 0.6 is 0 Å². The van der Waals surface area contributed by atoms with E-state index in [4.69, 9.17) is 10.5 Å². The molecule has 1 aromatic heterocycles. The van der Waals surface area contributed by atoms with E-state index >= 15 is 0 Å². The normalized spacial score (nSPS) is 16.8. The molecule has 11 heteroatoms. The predicted molar refractivity (Wildman–Crippen MR) is 169 cm³/mol. The molecule has 4 amide bonds. The number of benzene rings is 2. The van der Waals surface area contributed by atoms with Crippen LogP contribution in [0.4, 0.5) is 17.1 Å². The number of aryl methyl sites for hydroxylation is 1. The number of nitrogens with two attached hydrogens (primary N) is 1. The van der Waals surface area contributed by atoms with E-state index in [2.05, 4.69) is 10.3 Å². The second-order valence-corrected chi connectivity index (χ2v) is 12.6. The summed E-state index contributed by atoms with van der Waals surface area (Å²) in [4.78, 5) is 72.0. The zero-order valence-corrected chi connectivity index (χ0v) is 26.3. The molecule has 3 aromatic rings. The lowest BCUT2D eigenvalue weighted by Gasteiger charge is -2.31. The van der Waals surface area contributed by atoms with Crippen molar-refractivity contribution in [3.05, 3.63) is 71.0 Å². The number of imide groups is 1. The number of primary amides is 1. The van der Waals surface area contributed by atoms with Gasteiger partial charge in [-0.05, 0) is 88.1 Å². The molecule has 2 aliphatic heterocycles. The average molecular weight is 612 g/mol. The molecular formula is C34H37N5O6. The largest absolute Gasteiger partial charge is 0.460 e. The van der Waals surface area contributed by atoms with E-state index in [-0.39, 0.29) is 35.8 Å². The van der Waals surface area contributed by atoms with Crippen LogP contribution in [0.15, 0.2) is 48.7 Å². The van der Waals surface area contributed by atoms with Crippen molar-refractivity contribution in [2.75, 3.05) is 17.3 Å². The summed E-state index contributed by atoms with van der Waals surface area (Å²) in [6.07, 6.45) is 1.91. The van der Waals surface area contributed by atoms with Crippen LogP contribution < -0.4 is 16.0 Å². The van der Waals surface area contributed by atoms with E-state index in [1.54, 1.807) is 51.0 Å². The lowest BCUT2D eigenvalue weighted by molar-refractivity contribution is -0.155. The summed E-state index contributed by atoms with van der Waals surface area (Å²) in [5, 5.41) is 3.35. The van der Waals surface area contributed by atoms with E-state index in [1.165, 1.54) is 6.07 Å². The van der Waals surface area contributed by atoms with Crippen molar-refractivity contribution in [1.82, 2.24) is 9.88 Å². The maximum Gasteiger partial charge on any atom is 0.306 e. The van der Waals surface area contributed by atoms with Crippen LogP contribution in [-0.4, -0.2) is 58.2 Å². The number of pyridine rings is 1. The van der Waals surface area contributed by atoms with Gasteiger partial charge in [0.25, 0.3) is 11.8 Å². The second-order valence-electron chi connectivity index (χ2n) is 12.6. The minimum atomic E-state index is -1.35. The molecule has 0 bridgehead atoms. The van der Waals surface area contributed by atoms with Crippen molar-refractivity contribution < 1.29 is 28.7 Å². The van der Waals surface area contributed by atoms with Crippen LogP contribution in [0.25, 0.3) is 11.1 Å². The van der Waals surface area contributed by atoms with Crippen LogP contribution in [0, 0.1) is 12.8 Å². The average Bonchev–Trinajstić information content (AvgIpc) is 3.21. The van der Waals surface area contributed by atoms with Gasteiger partial charge in [-0.25, -0.2) is 0 Å². The third kappa shape index (κ3) is 6.15. The van der Waals surface area contributed by atoms with Crippen LogP contribution in [0.2, 0.25) is 0 Å². The minimum absolute atomic E-state index is 0.00171. The molecule has 0 radical (unpaired) electrons. The van der Waals surface area contributed by atoms with Gasteiger partial charge in [-0.2, -0.15) is 0 Å². The SMILES string of the molecule is Cc1cc(-c2cc3c(cc2Nc2cccc4c2C(=O)N([C@@H](CCC(=O)OC(C)(C)C)C(N)=O)C4=O)N(C)C(=O)C(C)C3)ccn1. The third-order valence-corrected chi connectivity index (χ3v) is 7.96. The Balaban J connectivity index is 1.53. The first kappa shape index (κ1) is 31.4. The maximum atomic E-state index is 13.9. The smallest absolute Gasteiger partial charge is 0.306 e. The number of rotatable bonds is 8. The number of carbonyl (C=O) groups is 5. The molecule has 0 aliphatic carbocycles. The van der Waals surface area contributed by atoms with Gasteiger partial charge in [-0.3, -0.25) is 33.9 Å². The number of carbonyl (C=O) groups excluding carboxylic acids is 5. The fourth-order valence-corrected chi connectivity index (χ4v) is 5.91. The number of ether oxygens (including phenoxy) is 1. The topological polar surface area (TPSA) is 152 Å². The number of nitrogens with one attached hydrogen (secondary N) is 1. The van der Waals surface area contributed by atoms with E-state index in [0.29, 0.717) is 17.8 Å². The Kier molecular flexibility index (Phi) is 8.22. The van der Waals surface area contributed by atoms with E-state index in [9.17, 15) is 24.0 Å². The van der Waals surface area contributed by atoms with Crippen LogP contribution in [0.3, 0.4) is 0 Å². The van der Waals surface area contributed by atoms with Gasteiger partial charge < -0.3 is 20.7 Å². The highest BCUT2D eigenvalue weighted by Crippen LogP contribution is 2.41.